The summed E-state index contributed by atoms with van der Waals surface area (Å²) in [6, 6.07) is 22.4. The van der Waals surface area contributed by atoms with Crippen molar-refractivity contribution in [2.45, 2.75) is 58.5 Å². The second-order valence-corrected chi connectivity index (χ2v) is 10.8. The van der Waals surface area contributed by atoms with Gasteiger partial charge in [-0.05, 0) is 63.9 Å². The number of methoxy groups -OCH3 is 1. The van der Waals surface area contributed by atoms with E-state index in [1.54, 1.807) is 13.2 Å². The molecular formula is C30H36N2O3. The number of amides is 2. The number of hydrogen-bond acceptors (Lipinski definition) is 3. The van der Waals surface area contributed by atoms with Crippen LogP contribution in [0.2, 0.25) is 0 Å². The lowest BCUT2D eigenvalue weighted by molar-refractivity contribution is 0.0883. The van der Waals surface area contributed by atoms with Crippen molar-refractivity contribution in [1.82, 2.24) is 10.6 Å². The molecule has 0 fully saturated rings. The summed E-state index contributed by atoms with van der Waals surface area (Å²) in [6.07, 6.45) is -0.741. The molecule has 0 spiro atoms. The van der Waals surface area contributed by atoms with E-state index in [4.69, 9.17) is 4.74 Å². The van der Waals surface area contributed by atoms with Crippen LogP contribution in [0.3, 0.4) is 0 Å². The molecule has 0 heterocycles. The minimum atomic E-state index is -0.741. The minimum Gasteiger partial charge on any atom is -0.497 e. The Hall–Kier alpha value is -3.60. The van der Waals surface area contributed by atoms with Gasteiger partial charge in [-0.3, -0.25) is 9.59 Å². The van der Waals surface area contributed by atoms with Crippen LogP contribution in [-0.4, -0.2) is 18.9 Å². The Morgan fingerprint density at radius 1 is 0.686 bits per heavy atom. The second kappa shape index (κ2) is 10.3. The highest BCUT2D eigenvalue weighted by atomic mass is 16.5. The van der Waals surface area contributed by atoms with Crippen LogP contribution in [0.15, 0.2) is 72.8 Å². The molecule has 0 bridgehead atoms. The number of hydrogen-bond donors (Lipinski definition) is 2. The largest absolute Gasteiger partial charge is 0.497 e. The van der Waals surface area contributed by atoms with Crippen LogP contribution in [0, 0.1) is 0 Å². The zero-order valence-electron chi connectivity index (χ0n) is 21.7. The van der Waals surface area contributed by atoms with Crippen molar-refractivity contribution < 1.29 is 14.3 Å². The summed E-state index contributed by atoms with van der Waals surface area (Å²) in [6.45, 7) is 12.8. The summed E-state index contributed by atoms with van der Waals surface area (Å²) in [5, 5.41) is 5.94. The van der Waals surface area contributed by atoms with Gasteiger partial charge in [-0.15, -0.1) is 0 Å². The predicted molar refractivity (Wildman–Crippen MR) is 141 cm³/mol. The quantitative estimate of drug-likeness (QED) is 0.423. The third-order valence-electron chi connectivity index (χ3n) is 6.00. The molecule has 0 saturated carbocycles. The molecule has 0 aromatic heterocycles. The Morgan fingerprint density at radius 3 is 1.49 bits per heavy atom. The maximum atomic E-state index is 13.1. The highest BCUT2D eigenvalue weighted by molar-refractivity contribution is 5.97. The van der Waals surface area contributed by atoms with Crippen LogP contribution in [0.5, 0.6) is 5.75 Å². The van der Waals surface area contributed by atoms with Crippen LogP contribution in [-0.2, 0) is 10.8 Å². The average Bonchev–Trinajstić information content (AvgIpc) is 2.82. The lowest BCUT2D eigenvalue weighted by atomic mass is 9.86. The van der Waals surface area contributed by atoms with Crippen molar-refractivity contribution in [3.8, 4) is 5.75 Å². The number of carbonyl (C=O) groups excluding carboxylic acids is 2. The van der Waals surface area contributed by atoms with E-state index < -0.39 is 6.17 Å². The zero-order valence-corrected chi connectivity index (χ0v) is 21.7. The maximum absolute atomic E-state index is 13.1. The first-order chi connectivity index (χ1) is 16.4. The molecular weight excluding hydrogens is 436 g/mol. The van der Waals surface area contributed by atoms with E-state index in [0.29, 0.717) is 22.4 Å². The zero-order chi connectivity index (χ0) is 25.8. The first-order valence-corrected chi connectivity index (χ1v) is 11.9. The van der Waals surface area contributed by atoms with Crippen molar-refractivity contribution in [1.29, 1.82) is 0 Å². The van der Waals surface area contributed by atoms with Gasteiger partial charge in [0.05, 0.1) is 7.11 Å². The Balaban J connectivity index is 1.85. The lowest BCUT2D eigenvalue weighted by Gasteiger charge is -2.23. The standard InChI is InChI=1S/C30H36N2O3/c1-29(2,3)23-15-11-20(12-16-23)27(33)31-26(22-9-8-10-25(19-22)35-7)32-28(34)21-13-17-24(18-14-21)30(4,5)6/h8-19,26H,1-7H3,(H,31,33)(H,32,34). The SMILES string of the molecule is COc1cccc(C(NC(=O)c2ccc(C(C)(C)C)cc2)NC(=O)c2ccc(C(C)(C)C)cc2)c1. The Bertz CT molecular complexity index is 1100. The molecule has 184 valence electrons. The Kier molecular flexibility index (Phi) is 7.69. The third kappa shape index (κ3) is 6.72. The van der Waals surface area contributed by atoms with Crippen LogP contribution in [0.4, 0.5) is 0 Å². The van der Waals surface area contributed by atoms with Crippen LogP contribution >= 0.6 is 0 Å². The fraction of sp³-hybridized carbons (Fsp3) is 0.333. The summed E-state index contributed by atoms with van der Waals surface area (Å²) in [5.74, 6) is 0.0865. The van der Waals surface area contributed by atoms with Gasteiger partial charge in [-0.2, -0.15) is 0 Å². The van der Waals surface area contributed by atoms with E-state index in [2.05, 4.69) is 52.2 Å². The average molecular weight is 473 g/mol. The number of nitrogens with one attached hydrogen (secondary N) is 2. The van der Waals surface area contributed by atoms with Crippen LogP contribution in [0.25, 0.3) is 0 Å². The fourth-order valence-corrected chi connectivity index (χ4v) is 3.70. The smallest absolute Gasteiger partial charge is 0.253 e. The monoisotopic (exact) mass is 472 g/mol. The Morgan fingerprint density at radius 2 is 1.11 bits per heavy atom. The molecule has 3 aromatic carbocycles. The molecule has 0 aliphatic rings. The van der Waals surface area contributed by atoms with Crippen molar-refractivity contribution in [2.24, 2.45) is 0 Å². The second-order valence-electron chi connectivity index (χ2n) is 10.8. The predicted octanol–water partition coefficient (Wildman–Crippen LogP) is 6.15. The van der Waals surface area contributed by atoms with Gasteiger partial charge in [0.25, 0.3) is 11.8 Å². The van der Waals surface area contributed by atoms with Crippen molar-refractivity contribution in [2.75, 3.05) is 7.11 Å². The van der Waals surface area contributed by atoms with Crippen molar-refractivity contribution >= 4 is 11.8 Å². The van der Waals surface area contributed by atoms with Crippen LogP contribution in [0.1, 0.15) is 85.1 Å². The molecule has 0 saturated heterocycles. The number of benzene rings is 3. The van der Waals surface area contributed by atoms with Crippen molar-refractivity contribution in [3.63, 3.8) is 0 Å². The topological polar surface area (TPSA) is 67.4 Å². The molecule has 2 amide bonds. The summed E-state index contributed by atoms with van der Waals surface area (Å²) >= 11 is 0. The molecule has 5 nitrogen and oxygen atoms in total. The maximum Gasteiger partial charge on any atom is 0.253 e. The van der Waals surface area contributed by atoms with E-state index in [9.17, 15) is 9.59 Å². The van der Waals surface area contributed by atoms with Gasteiger partial charge in [0.15, 0.2) is 0 Å². The molecule has 0 aliphatic heterocycles. The first kappa shape index (κ1) is 26.0. The van der Waals surface area contributed by atoms with E-state index in [0.717, 1.165) is 11.1 Å². The van der Waals surface area contributed by atoms with Gasteiger partial charge >= 0.3 is 0 Å². The van der Waals surface area contributed by atoms with E-state index >= 15 is 0 Å². The summed E-state index contributed by atoms with van der Waals surface area (Å²) in [5.41, 5.74) is 4.03. The molecule has 3 aromatic rings. The molecule has 2 N–H and O–H groups in total. The minimum absolute atomic E-state index is 0.00531. The Labute approximate surface area is 208 Å². The number of carbonyl (C=O) groups is 2. The molecule has 0 aliphatic carbocycles. The normalized spacial score (nSPS) is 11.8. The summed E-state index contributed by atoms with van der Waals surface area (Å²) < 4.78 is 5.35. The number of rotatable bonds is 6. The molecule has 0 atom stereocenters. The van der Waals surface area contributed by atoms with Gasteiger partial charge in [0, 0.05) is 11.1 Å². The number of ether oxygens (including phenoxy) is 1. The van der Waals surface area contributed by atoms with Crippen molar-refractivity contribution in [3.05, 3.63) is 101 Å². The van der Waals surface area contributed by atoms with Gasteiger partial charge in [0.2, 0.25) is 0 Å². The molecule has 35 heavy (non-hydrogen) atoms. The molecule has 3 rings (SSSR count). The van der Waals surface area contributed by atoms with E-state index in [1.165, 1.54) is 0 Å². The van der Waals surface area contributed by atoms with Gasteiger partial charge in [-0.25, -0.2) is 0 Å². The summed E-state index contributed by atoms with van der Waals surface area (Å²) in [4.78, 5) is 26.2. The van der Waals surface area contributed by atoms with Gasteiger partial charge < -0.3 is 15.4 Å². The highest BCUT2D eigenvalue weighted by Gasteiger charge is 2.21. The van der Waals surface area contributed by atoms with Gasteiger partial charge in [0.1, 0.15) is 11.9 Å². The third-order valence-corrected chi connectivity index (χ3v) is 6.00. The van der Waals surface area contributed by atoms with Gasteiger partial charge in [-0.1, -0.05) is 77.9 Å². The molecule has 5 heteroatoms. The fourth-order valence-electron chi connectivity index (χ4n) is 3.70. The first-order valence-electron chi connectivity index (χ1n) is 11.9. The van der Waals surface area contributed by atoms with E-state index in [-0.39, 0.29) is 22.6 Å². The molecule has 0 unspecified atom stereocenters. The van der Waals surface area contributed by atoms with Crippen LogP contribution < -0.4 is 15.4 Å². The summed E-state index contributed by atoms with van der Waals surface area (Å²) in [7, 11) is 1.58. The molecule has 0 radical (unpaired) electrons. The van der Waals surface area contributed by atoms with E-state index in [1.807, 2.05) is 66.7 Å². The lowest BCUT2D eigenvalue weighted by Crippen LogP contribution is -2.41. The highest BCUT2D eigenvalue weighted by Crippen LogP contribution is 2.24.